The molecule has 0 atom stereocenters. The van der Waals surface area contributed by atoms with Gasteiger partial charge in [0.25, 0.3) is 0 Å². The third-order valence-corrected chi connectivity index (χ3v) is 6.22. The van der Waals surface area contributed by atoms with Crippen LogP contribution in [0.3, 0.4) is 0 Å². The van der Waals surface area contributed by atoms with Crippen molar-refractivity contribution in [3.63, 3.8) is 0 Å². The minimum absolute atomic E-state index is 0.0976. The Balaban J connectivity index is 1.65. The van der Waals surface area contributed by atoms with Crippen LogP contribution in [0.25, 0.3) is 21.8 Å². The van der Waals surface area contributed by atoms with Crippen molar-refractivity contribution in [2.24, 2.45) is 0 Å². The largest absolute Gasteiger partial charge is 0.465 e. The fourth-order valence-electron chi connectivity index (χ4n) is 4.18. The van der Waals surface area contributed by atoms with Gasteiger partial charge in [0.2, 0.25) is 11.8 Å². The number of benzene rings is 2. The molecule has 0 unspecified atom stereocenters. The molecule has 41 heavy (non-hydrogen) atoms. The van der Waals surface area contributed by atoms with E-state index in [1.807, 2.05) is 0 Å². The van der Waals surface area contributed by atoms with Gasteiger partial charge < -0.3 is 25.1 Å². The van der Waals surface area contributed by atoms with Crippen LogP contribution in [0, 0.1) is 0 Å². The molecular weight excluding hydrogens is 530 g/mol. The van der Waals surface area contributed by atoms with E-state index in [0.29, 0.717) is 59.5 Å². The maximum Gasteiger partial charge on any atom is 0.320 e. The molecule has 220 valence electrons. The van der Waals surface area contributed by atoms with E-state index < -0.39 is 0 Å². The number of pyridine rings is 1. The Bertz CT molecular complexity index is 1360. The lowest BCUT2D eigenvalue weighted by Gasteiger charge is -2.15. The van der Waals surface area contributed by atoms with E-state index >= 15 is 0 Å². The number of rotatable bonds is 14. The smallest absolute Gasteiger partial charge is 0.320 e. The second kappa shape index (κ2) is 14.9. The van der Waals surface area contributed by atoms with Gasteiger partial charge in [0, 0.05) is 48.1 Å². The molecule has 0 radical (unpaired) electrons. The van der Waals surface area contributed by atoms with E-state index in [9.17, 15) is 24.0 Å². The van der Waals surface area contributed by atoms with Gasteiger partial charge in [-0.15, -0.1) is 0 Å². The van der Waals surface area contributed by atoms with Gasteiger partial charge in [-0.3, -0.25) is 33.8 Å². The molecule has 2 aromatic carbocycles. The monoisotopic (exact) mass is 567 g/mol. The van der Waals surface area contributed by atoms with Crippen LogP contribution in [0.5, 0.6) is 0 Å². The minimum atomic E-state index is -0.345. The Morgan fingerprint density at radius 2 is 1.15 bits per heavy atom. The highest BCUT2D eigenvalue weighted by molar-refractivity contribution is 5.99. The number of aromatic nitrogens is 1. The number of nitrogens with one attached hydrogen (secondary N) is 3. The van der Waals surface area contributed by atoms with Crippen LogP contribution >= 0.6 is 0 Å². The van der Waals surface area contributed by atoms with Crippen LogP contribution in [-0.4, -0.2) is 92.0 Å². The number of fused-ring (bicyclic) bond motifs is 2. The Morgan fingerprint density at radius 3 is 1.54 bits per heavy atom. The van der Waals surface area contributed by atoms with Crippen LogP contribution in [0.2, 0.25) is 0 Å². The van der Waals surface area contributed by atoms with Gasteiger partial charge in [0.15, 0.2) is 5.43 Å². The molecule has 0 aliphatic carbocycles. The van der Waals surface area contributed by atoms with Crippen molar-refractivity contribution in [3.05, 3.63) is 46.6 Å². The molecular formula is C29H37N5O7. The van der Waals surface area contributed by atoms with E-state index in [-0.39, 0.29) is 55.1 Å². The number of nitrogens with zero attached hydrogens (tertiary/aromatic N) is 2. The molecule has 1 heterocycles. The summed E-state index contributed by atoms with van der Waals surface area (Å²) in [5.41, 5.74) is 1.92. The zero-order valence-corrected chi connectivity index (χ0v) is 23.9. The maximum absolute atomic E-state index is 13.1. The summed E-state index contributed by atoms with van der Waals surface area (Å²) >= 11 is 0. The quantitative estimate of drug-likeness (QED) is 0.197. The number of carbonyl (C=O) groups is 4. The van der Waals surface area contributed by atoms with Crippen molar-refractivity contribution in [1.82, 2.24) is 14.8 Å². The number of hydrogen-bond donors (Lipinski definition) is 3. The molecule has 0 aliphatic rings. The Hall–Kier alpha value is -4.29. The number of carbonyl (C=O) groups excluding carboxylic acids is 4. The predicted molar refractivity (Wildman–Crippen MR) is 157 cm³/mol. The SMILES string of the molecule is CCOC(=O)CN(C)CCC(=O)Nc1ccc2c(=O)c3ccc(NC(=O)CCN(C)CC(=O)OCC)cc3[nH]c2c1. The number of hydrogen-bond acceptors (Lipinski definition) is 9. The van der Waals surface area contributed by atoms with E-state index in [0.717, 1.165) is 0 Å². The molecule has 0 bridgehead atoms. The first-order chi connectivity index (χ1) is 19.6. The van der Waals surface area contributed by atoms with Crippen LogP contribution in [0.4, 0.5) is 11.4 Å². The van der Waals surface area contributed by atoms with E-state index in [2.05, 4.69) is 15.6 Å². The van der Waals surface area contributed by atoms with Crippen LogP contribution < -0.4 is 16.1 Å². The van der Waals surface area contributed by atoms with Crippen molar-refractivity contribution >= 4 is 56.9 Å². The highest BCUT2D eigenvalue weighted by Crippen LogP contribution is 2.21. The molecule has 2 amide bonds. The molecule has 0 spiro atoms. The molecule has 3 N–H and O–H groups in total. The standard InChI is InChI=1S/C29H37N5O7/c1-5-40-27(37)17-33(3)13-11-25(35)30-19-7-9-21-23(15-19)32-24-16-20(8-10-22(24)29(21)39)31-26(36)12-14-34(4)18-28(38)41-6-2/h7-10,15-16H,5-6,11-14,17-18H2,1-4H3,(H,30,35)(H,31,36)(H,32,39). The second-order valence-corrected chi connectivity index (χ2v) is 9.66. The predicted octanol–water partition coefficient (Wildman–Crippen LogP) is 2.33. The maximum atomic E-state index is 13.1. The Kier molecular flexibility index (Phi) is 11.4. The van der Waals surface area contributed by atoms with Crippen LogP contribution in [-0.2, 0) is 28.7 Å². The number of aromatic amines is 1. The fraction of sp³-hybridized carbons (Fsp3) is 0.414. The Morgan fingerprint density at radius 1 is 0.732 bits per heavy atom. The van der Waals surface area contributed by atoms with E-state index in [1.165, 1.54) is 0 Å². The zero-order valence-electron chi connectivity index (χ0n) is 23.9. The number of H-pyrrole nitrogens is 1. The molecule has 12 nitrogen and oxygen atoms in total. The molecule has 12 heteroatoms. The molecule has 0 saturated heterocycles. The minimum Gasteiger partial charge on any atom is -0.465 e. The molecule has 0 aliphatic heterocycles. The lowest BCUT2D eigenvalue weighted by molar-refractivity contribution is -0.145. The van der Waals surface area contributed by atoms with Gasteiger partial charge in [0.05, 0.1) is 37.3 Å². The summed E-state index contributed by atoms with van der Waals surface area (Å²) < 4.78 is 9.83. The first kappa shape index (κ1) is 31.2. The molecule has 3 aromatic rings. The lowest BCUT2D eigenvalue weighted by atomic mass is 10.1. The van der Waals surface area contributed by atoms with Gasteiger partial charge >= 0.3 is 11.9 Å². The average molecular weight is 568 g/mol. The van der Waals surface area contributed by atoms with E-state index in [1.54, 1.807) is 74.1 Å². The van der Waals surface area contributed by atoms with E-state index in [4.69, 9.17) is 9.47 Å². The summed E-state index contributed by atoms with van der Waals surface area (Å²) in [7, 11) is 3.47. The normalized spacial score (nSPS) is 11.2. The number of likely N-dealkylation sites (N-methyl/N-ethyl adjacent to an activating group) is 2. The highest BCUT2D eigenvalue weighted by Gasteiger charge is 2.13. The van der Waals surface area contributed by atoms with Gasteiger partial charge in [0.1, 0.15) is 0 Å². The molecule has 0 fully saturated rings. The van der Waals surface area contributed by atoms with Gasteiger partial charge in [-0.05, 0) is 64.3 Å². The average Bonchev–Trinajstić information content (AvgIpc) is 2.91. The van der Waals surface area contributed by atoms with Crippen molar-refractivity contribution in [2.45, 2.75) is 26.7 Å². The summed E-state index contributed by atoms with van der Waals surface area (Å²) in [4.78, 5) is 67.9. The first-order valence-corrected chi connectivity index (χ1v) is 13.5. The Labute approximate surface area is 238 Å². The van der Waals surface area contributed by atoms with Crippen molar-refractivity contribution < 1.29 is 28.7 Å². The summed E-state index contributed by atoms with van der Waals surface area (Å²) in [6.45, 7) is 5.02. The summed E-state index contributed by atoms with van der Waals surface area (Å²) in [5, 5.41) is 6.57. The van der Waals surface area contributed by atoms with Crippen LogP contribution in [0.1, 0.15) is 26.7 Å². The number of anilines is 2. The number of esters is 2. The summed E-state index contributed by atoms with van der Waals surface area (Å²) in [6, 6.07) is 9.99. The number of ether oxygens (including phenoxy) is 2. The molecule has 1 aromatic heterocycles. The lowest BCUT2D eigenvalue weighted by Crippen LogP contribution is -2.30. The number of amides is 2. The van der Waals surface area contributed by atoms with Gasteiger partial charge in [-0.25, -0.2) is 0 Å². The fourth-order valence-corrected chi connectivity index (χ4v) is 4.18. The third kappa shape index (κ3) is 9.40. The topological polar surface area (TPSA) is 150 Å². The van der Waals surface area contributed by atoms with Crippen LogP contribution in [0.15, 0.2) is 41.2 Å². The molecule has 0 saturated carbocycles. The van der Waals surface area contributed by atoms with Gasteiger partial charge in [-0.1, -0.05) is 0 Å². The second-order valence-electron chi connectivity index (χ2n) is 9.66. The van der Waals surface area contributed by atoms with Crippen molar-refractivity contribution in [2.75, 3.05) is 64.1 Å². The van der Waals surface area contributed by atoms with Crippen molar-refractivity contribution in [1.29, 1.82) is 0 Å². The molecule has 3 rings (SSSR count). The van der Waals surface area contributed by atoms with Gasteiger partial charge in [-0.2, -0.15) is 0 Å². The first-order valence-electron chi connectivity index (χ1n) is 13.5. The van der Waals surface area contributed by atoms with Crippen molar-refractivity contribution in [3.8, 4) is 0 Å². The highest BCUT2D eigenvalue weighted by atomic mass is 16.5. The zero-order chi connectivity index (χ0) is 29.9. The summed E-state index contributed by atoms with van der Waals surface area (Å²) in [6.07, 6.45) is 0.341. The summed E-state index contributed by atoms with van der Waals surface area (Å²) in [5.74, 6) is -1.16. The third-order valence-electron chi connectivity index (χ3n) is 6.22.